The average Bonchev–Trinajstić information content (AvgIpc) is 3.62. The number of nitrogens with zero attached hydrogens (tertiary/aromatic N) is 2. The Balaban J connectivity index is 1.24. The lowest BCUT2D eigenvalue weighted by atomic mass is 9.33. The minimum absolute atomic E-state index is 0.0345. The van der Waals surface area contributed by atoms with E-state index >= 15 is 0 Å². The van der Waals surface area contributed by atoms with Crippen LogP contribution in [0.15, 0.2) is 123 Å². The fourth-order valence-electron chi connectivity index (χ4n) is 13.4. The Morgan fingerprint density at radius 1 is 0.731 bits per heavy atom. The monoisotopic (exact) mass is 907 g/mol. The highest BCUT2D eigenvalue weighted by Crippen LogP contribution is 2.58. The normalized spacial score (nSPS) is 25.5. The predicted molar refractivity (Wildman–Crippen MR) is 295 cm³/mol. The van der Waals surface area contributed by atoms with Gasteiger partial charge in [-0.25, -0.2) is 0 Å². The molecule has 3 atom stereocenters. The van der Waals surface area contributed by atoms with Crippen LogP contribution in [0.4, 0.5) is 22.7 Å². The van der Waals surface area contributed by atoms with Crippen molar-refractivity contribution in [2.45, 2.75) is 189 Å². The molecule has 0 saturated heterocycles. The summed E-state index contributed by atoms with van der Waals surface area (Å²) < 4.78 is 0. The maximum absolute atomic E-state index is 4.66. The summed E-state index contributed by atoms with van der Waals surface area (Å²) >= 11 is 2.22. The van der Waals surface area contributed by atoms with Gasteiger partial charge in [0.05, 0.1) is 6.04 Å². The number of hydrogen-bond acceptors (Lipinski definition) is 3. The van der Waals surface area contributed by atoms with E-state index in [-0.39, 0.29) is 39.8 Å². The number of hydrogen-bond donors (Lipinski definition) is 0. The van der Waals surface area contributed by atoms with Gasteiger partial charge in [-0.3, -0.25) is 0 Å². The van der Waals surface area contributed by atoms with E-state index < -0.39 is 0 Å². The Hall–Kier alpha value is -4.15. The zero-order valence-corrected chi connectivity index (χ0v) is 45.0. The smallest absolute Gasteiger partial charge is 0.228 e. The minimum Gasteiger partial charge on any atom is -0.334 e. The molecule has 350 valence electrons. The Morgan fingerprint density at radius 3 is 1.99 bits per heavy atom. The highest BCUT2D eigenvalue weighted by atomic mass is 32.2. The van der Waals surface area contributed by atoms with E-state index in [0.29, 0.717) is 11.1 Å². The van der Waals surface area contributed by atoms with E-state index in [2.05, 4.69) is 212 Å². The molecule has 2 nitrogen and oxygen atoms in total. The van der Waals surface area contributed by atoms with E-state index in [1.54, 1.807) is 16.1 Å². The Kier molecular flexibility index (Phi) is 10.9. The number of benzene rings is 3. The van der Waals surface area contributed by atoms with Gasteiger partial charge in [-0.05, 0) is 198 Å². The second-order valence-corrected chi connectivity index (χ2v) is 27.0. The van der Waals surface area contributed by atoms with Gasteiger partial charge in [0.25, 0.3) is 0 Å². The molecule has 3 aromatic carbocycles. The first-order chi connectivity index (χ1) is 31.3. The summed E-state index contributed by atoms with van der Waals surface area (Å²) in [5.74, 6) is 0.486. The zero-order chi connectivity index (χ0) is 48.1. The fourth-order valence-corrected chi connectivity index (χ4v) is 15.1. The molecule has 4 heteroatoms. The van der Waals surface area contributed by atoms with Crippen LogP contribution in [0.3, 0.4) is 0 Å². The number of thioether (sulfide) groups is 1. The highest BCUT2D eigenvalue weighted by Gasteiger charge is 2.55. The third-order valence-electron chi connectivity index (χ3n) is 18.1. The van der Waals surface area contributed by atoms with Crippen LogP contribution in [0.1, 0.15) is 175 Å². The van der Waals surface area contributed by atoms with Crippen molar-refractivity contribution < 1.29 is 0 Å². The molecule has 3 aliphatic heterocycles. The van der Waals surface area contributed by atoms with Crippen LogP contribution in [-0.2, 0) is 21.7 Å². The van der Waals surface area contributed by atoms with Crippen molar-refractivity contribution in [3.8, 4) is 0 Å². The second kappa shape index (κ2) is 15.7. The van der Waals surface area contributed by atoms with Crippen molar-refractivity contribution in [3.63, 3.8) is 0 Å². The number of anilines is 4. The lowest BCUT2D eigenvalue weighted by Gasteiger charge is -2.50. The summed E-state index contributed by atoms with van der Waals surface area (Å²) in [7, 11) is 0. The lowest BCUT2D eigenvalue weighted by Crippen LogP contribution is -2.61. The molecular weight excluding hydrogens is 828 g/mol. The molecule has 0 fully saturated rings. The molecule has 3 unspecified atom stereocenters. The summed E-state index contributed by atoms with van der Waals surface area (Å²) in [6.07, 6.45) is 20.6. The molecule has 0 bridgehead atoms. The van der Waals surface area contributed by atoms with Crippen molar-refractivity contribution in [2.75, 3.05) is 9.80 Å². The van der Waals surface area contributed by atoms with Gasteiger partial charge in [0.15, 0.2) is 0 Å². The largest absolute Gasteiger partial charge is 0.334 e. The molecule has 10 rings (SSSR count). The third-order valence-corrected chi connectivity index (χ3v) is 19.6. The first kappa shape index (κ1) is 46.6. The number of allylic oxidation sites excluding steroid dienone is 10. The average molecular weight is 907 g/mol. The molecule has 0 spiro atoms. The van der Waals surface area contributed by atoms with Gasteiger partial charge < -0.3 is 9.80 Å². The number of rotatable bonds is 5. The van der Waals surface area contributed by atoms with Crippen LogP contribution in [0.2, 0.25) is 0 Å². The highest BCUT2D eigenvalue weighted by molar-refractivity contribution is 8.05. The van der Waals surface area contributed by atoms with Crippen LogP contribution in [-0.4, -0.2) is 17.9 Å². The van der Waals surface area contributed by atoms with E-state index in [0.717, 1.165) is 24.8 Å². The second-order valence-electron chi connectivity index (χ2n) is 25.8. The fraction of sp³-hybridized carbons (Fsp3) is 0.492. The summed E-state index contributed by atoms with van der Waals surface area (Å²) in [5, 5.41) is 0.320. The summed E-state index contributed by atoms with van der Waals surface area (Å²) in [6, 6.07) is 18.2. The molecule has 3 heterocycles. The van der Waals surface area contributed by atoms with E-state index in [1.807, 2.05) is 0 Å². The summed E-state index contributed by atoms with van der Waals surface area (Å²) in [4.78, 5) is 7.18. The quantitative estimate of drug-likeness (QED) is 0.186. The molecule has 67 heavy (non-hydrogen) atoms. The standard InChI is InChI=1S/C63H79BN2S/c1-37-18-22-45(39(3)30-37)43-20-25-55-46(34-43)57-58(67-55)64-42(6)51(24-19-41(5)59(7,8)9)66(52-36-50-48(33-40(52)4)61(12,13)28-29-63(50,16)17)54-32-38(2)31-53(56(54)64)65(57)44-21-23-47-49(35-44)62(14,15)27-26-60(47,10)11/h18-19,21,23-24,30-36,45,57-58H,5,20,22,25-29H2,1-4,6-17H3/b24-19-. The number of fused-ring (bicyclic) bond motifs is 5. The lowest BCUT2D eigenvalue weighted by molar-refractivity contribution is 0.332. The Bertz CT molecular complexity index is 2840. The number of aryl methyl sites for hydroxylation is 2. The summed E-state index contributed by atoms with van der Waals surface area (Å²) in [5.41, 5.74) is 26.2. The first-order valence-corrected chi connectivity index (χ1v) is 26.7. The van der Waals surface area contributed by atoms with Gasteiger partial charge in [0, 0.05) is 39.5 Å². The minimum atomic E-state index is -0.0345. The van der Waals surface area contributed by atoms with Crippen LogP contribution >= 0.6 is 11.8 Å². The van der Waals surface area contributed by atoms with Gasteiger partial charge in [-0.15, -0.1) is 11.8 Å². The van der Waals surface area contributed by atoms with Crippen molar-refractivity contribution in [1.82, 2.24) is 0 Å². The van der Waals surface area contributed by atoms with Crippen LogP contribution in [0.5, 0.6) is 0 Å². The van der Waals surface area contributed by atoms with Crippen molar-refractivity contribution in [1.29, 1.82) is 0 Å². The van der Waals surface area contributed by atoms with Gasteiger partial charge in [0.2, 0.25) is 6.71 Å². The Labute approximate surface area is 411 Å². The van der Waals surface area contributed by atoms with Gasteiger partial charge in [-0.2, -0.15) is 0 Å². The van der Waals surface area contributed by atoms with Crippen molar-refractivity contribution in [2.24, 2.45) is 11.3 Å². The van der Waals surface area contributed by atoms with Gasteiger partial charge >= 0.3 is 0 Å². The van der Waals surface area contributed by atoms with Gasteiger partial charge in [0.1, 0.15) is 0 Å². The SMILES string of the molecule is C=C(/C=C\C1=C(C)B2c3c(cc(C)cc3N(c3ccc4c(c3)C(C)(C)CCC4(C)C)C3C4=C(CCC(C5CC=C(C)C=C5C)=C4)SC23)N1c1cc2c(cc1C)C(C)(C)CCC2(C)C)C(C)(C)C. The summed E-state index contributed by atoms with van der Waals surface area (Å²) in [6.45, 7) is 43.4. The third kappa shape index (κ3) is 7.50. The van der Waals surface area contributed by atoms with Crippen LogP contribution < -0.4 is 15.3 Å². The predicted octanol–water partition coefficient (Wildman–Crippen LogP) is 16.9. The Morgan fingerprint density at radius 2 is 1.34 bits per heavy atom. The first-order valence-electron chi connectivity index (χ1n) is 25.9. The zero-order valence-electron chi connectivity index (χ0n) is 44.2. The molecular formula is C63H79BN2S. The molecule has 0 aromatic heterocycles. The maximum Gasteiger partial charge on any atom is 0.228 e. The van der Waals surface area contributed by atoms with E-state index in [1.165, 1.54) is 110 Å². The molecule has 4 aliphatic carbocycles. The van der Waals surface area contributed by atoms with E-state index in [9.17, 15) is 0 Å². The molecule has 0 amide bonds. The van der Waals surface area contributed by atoms with Gasteiger partial charge in [-0.1, -0.05) is 141 Å². The molecule has 7 aliphatic rings. The molecule has 3 aromatic rings. The molecule has 0 radical (unpaired) electrons. The van der Waals surface area contributed by atoms with Crippen molar-refractivity contribution >= 4 is 46.7 Å². The topological polar surface area (TPSA) is 6.48 Å². The maximum atomic E-state index is 4.66. The molecule has 0 saturated carbocycles. The van der Waals surface area contributed by atoms with Crippen LogP contribution in [0, 0.1) is 25.2 Å². The van der Waals surface area contributed by atoms with Crippen molar-refractivity contribution in [3.05, 3.63) is 157 Å². The van der Waals surface area contributed by atoms with Crippen LogP contribution in [0.25, 0.3) is 0 Å². The molecule has 0 N–H and O–H groups in total. The van der Waals surface area contributed by atoms with E-state index in [4.69, 9.17) is 0 Å².